The van der Waals surface area contributed by atoms with E-state index in [0.29, 0.717) is 38.4 Å². The van der Waals surface area contributed by atoms with Crippen molar-refractivity contribution in [2.45, 2.75) is 19.4 Å². The molecule has 3 heterocycles. The molecule has 3 rings (SSSR count). The van der Waals surface area contributed by atoms with Crippen molar-refractivity contribution in [3.63, 3.8) is 0 Å². The number of carbonyl (C=O) groups excluding carboxylic acids is 2. The molecule has 0 bridgehead atoms. The Morgan fingerprint density at radius 3 is 2.96 bits per heavy atom. The minimum Gasteiger partial charge on any atom is -0.492 e. The van der Waals surface area contributed by atoms with Crippen molar-refractivity contribution in [3.8, 4) is 5.75 Å². The molecule has 2 aromatic rings. The van der Waals surface area contributed by atoms with Gasteiger partial charge in [0.15, 0.2) is 0 Å². The number of nitrogens with zero attached hydrogens (tertiary/aromatic N) is 3. The van der Waals surface area contributed by atoms with Gasteiger partial charge in [0.05, 0.1) is 31.0 Å². The highest BCUT2D eigenvalue weighted by Crippen LogP contribution is 2.19. The first kappa shape index (κ1) is 17.8. The van der Waals surface area contributed by atoms with Crippen LogP contribution in [0.25, 0.3) is 0 Å². The Morgan fingerprint density at radius 1 is 1.27 bits per heavy atom. The Hall–Kier alpha value is -2.96. The first-order valence-corrected chi connectivity index (χ1v) is 8.70. The first-order valence-electron chi connectivity index (χ1n) is 8.70. The van der Waals surface area contributed by atoms with E-state index in [1.165, 1.54) is 0 Å². The third-order valence-corrected chi connectivity index (χ3v) is 4.19. The molecule has 0 radical (unpaired) electrons. The van der Waals surface area contributed by atoms with Gasteiger partial charge in [-0.05, 0) is 30.7 Å². The Bertz CT molecular complexity index is 724. The van der Waals surface area contributed by atoms with E-state index in [4.69, 9.17) is 4.74 Å². The fraction of sp³-hybridized carbons (Fsp3) is 0.368. The summed E-state index contributed by atoms with van der Waals surface area (Å²) in [7, 11) is 0. The zero-order valence-electron chi connectivity index (χ0n) is 14.5. The second-order valence-corrected chi connectivity index (χ2v) is 6.18. The van der Waals surface area contributed by atoms with Gasteiger partial charge in [0.1, 0.15) is 5.75 Å². The molecule has 1 aliphatic rings. The van der Waals surface area contributed by atoms with Gasteiger partial charge in [-0.15, -0.1) is 0 Å². The molecule has 0 saturated carbocycles. The topological polar surface area (TPSA) is 84.4 Å². The van der Waals surface area contributed by atoms with E-state index in [2.05, 4.69) is 15.3 Å². The van der Waals surface area contributed by atoms with Crippen molar-refractivity contribution in [1.29, 1.82) is 0 Å². The molecular formula is C19H22N4O3. The molecule has 1 fully saturated rings. The fourth-order valence-corrected chi connectivity index (χ4v) is 2.84. The van der Waals surface area contributed by atoms with E-state index in [1.807, 2.05) is 30.3 Å². The Labute approximate surface area is 152 Å². The molecule has 1 N–H and O–H groups in total. The van der Waals surface area contributed by atoms with Gasteiger partial charge in [-0.1, -0.05) is 6.07 Å². The summed E-state index contributed by atoms with van der Waals surface area (Å²) in [5.74, 6) is 0.329. The lowest BCUT2D eigenvalue weighted by Crippen LogP contribution is -2.34. The monoisotopic (exact) mass is 354 g/mol. The lowest BCUT2D eigenvalue weighted by atomic mass is 10.1. The summed E-state index contributed by atoms with van der Waals surface area (Å²) in [6.07, 6.45) is 5.99. The van der Waals surface area contributed by atoms with Gasteiger partial charge >= 0.3 is 0 Å². The van der Waals surface area contributed by atoms with Crippen LogP contribution >= 0.6 is 0 Å². The zero-order valence-corrected chi connectivity index (χ0v) is 14.5. The molecule has 7 nitrogen and oxygen atoms in total. The lowest BCUT2D eigenvalue weighted by molar-refractivity contribution is -0.129. The number of aromatic nitrogens is 2. The van der Waals surface area contributed by atoms with Crippen LogP contribution in [-0.4, -0.2) is 46.4 Å². The van der Waals surface area contributed by atoms with Crippen LogP contribution in [-0.2, 0) is 16.1 Å². The molecule has 2 amide bonds. The number of likely N-dealkylation sites (tertiary alicyclic amines) is 1. The smallest absolute Gasteiger partial charge is 0.225 e. The van der Waals surface area contributed by atoms with Crippen molar-refractivity contribution in [3.05, 3.63) is 54.6 Å². The maximum absolute atomic E-state index is 12.3. The molecule has 0 spiro atoms. The maximum Gasteiger partial charge on any atom is 0.225 e. The second-order valence-electron chi connectivity index (χ2n) is 6.18. The molecular weight excluding hydrogens is 332 g/mol. The van der Waals surface area contributed by atoms with Gasteiger partial charge in [0, 0.05) is 31.9 Å². The minimum absolute atomic E-state index is 0.00397. The quantitative estimate of drug-likeness (QED) is 0.725. The number of rotatable bonds is 8. The normalized spacial score (nSPS) is 16.5. The van der Waals surface area contributed by atoms with Crippen molar-refractivity contribution < 1.29 is 14.3 Å². The van der Waals surface area contributed by atoms with Crippen molar-refractivity contribution in [2.75, 3.05) is 19.7 Å². The third kappa shape index (κ3) is 5.02. The highest BCUT2D eigenvalue weighted by atomic mass is 16.5. The Morgan fingerprint density at radius 2 is 2.19 bits per heavy atom. The summed E-state index contributed by atoms with van der Waals surface area (Å²) in [5.41, 5.74) is 0.828. The number of hydrogen-bond donors (Lipinski definition) is 1. The molecule has 2 aromatic heterocycles. The van der Waals surface area contributed by atoms with Crippen molar-refractivity contribution in [1.82, 2.24) is 20.2 Å². The lowest BCUT2D eigenvalue weighted by Gasteiger charge is -2.16. The number of hydrogen-bond acceptors (Lipinski definition) is 5. The average Bonchev–Trinajstić information content (AvgIpc) is 3.03. The molecule has 1 aliphatic heterocycles. The van der Waals surface area contributed by atoms with E-state index in [9.17, 15) is 9.59 Å². The Balaban J connectivity index is 1.36. The summed E-state index contributed by atoms with van der Waals surface area (Å²) in [6.45, 7) is 1.90. The SMILES string of the molecule is O=C(NCCCOc1cccnc1)C1CC(=O)N(Cc2ccccn2)C1. The predicted molar refractivity (Wildman–Crippen MR) is 95.1 cm³/mol. The molecule has 136 valence electrons. The maximum atomic E-state index is 12.3. The largest absolute Gasteiger partial charge is 0.492 e. The summed E-state index contributed by atoms with van der Waals surface area (Å²) in [6, 6.07) is 9.25. The summed E-state index contributed by atoms with van der Waals surface area (Å²) >= 11 is 0. The van der Waals surface area contributed by atoms with E-state index in [1.54, 1.807) is 23.5 Å². The number of carbonyl (C=O) groups is 2. The number of ether oxygens (including phenoxy) is 1. The van der Waals surface area contributed by atoms with Crippen LogP contribution in [0.1, 0.15) is 18.5 Å². The van der Waals surface area contributed by atoms with Crippen LogP contribution in [0.2, 0.25) is 0 Å². The fourth-order valence-electron chi connectivity index (χ4n) is 2.84. The third-order valence-electron chi connectivity index (χ3n) is 4.19. The number of nitrogens with one attached hydrogen (secondary N) is 1. The standard InChI is InChI=1S/C19H22N4O3/c24-18-11-15(13-23(18)14-16-5-1-2-8-21-16)19(25)22-9-4-10-26-17-6-3-7-20-12-17/h1-3,5-8,12,15H,4,9-11,13-14H2,(H,22,25). The minimum atomic E-state index is -0.301. The second kappa shape index (κ2) is 8.94. The highest BCUT2D eigenvalue weighted by molar-refractivity contribution is 5.89. The number of pyridine rings is 2. The molecule has 1 unspecified atom stereocenters. The Kier molecular flexibility index (Phi) is 6.14. The van der Waals surface area contributed by atoms with Gasteiger partial charge in [-0.25, -0.2) is 0 Å². The van der Waals surface area contributed by atoms with Crippen LogP contribution < -0.4 is 10.1 Å². The molecule has 0 aromatic carbocycles. The van der Waals surface area contributed by atoms with E-state index in [0.717, 1.165) is 5.69 Å². The van der Waals surface area contributed by atoms with Gasteiger partial charge in [-0.3, -0.25) is 19.6 Å². The van der Waals surface area contributed by atoms with Crippen LogP contribution in [0, 0.1) is 5.92 Å². The summed E-state index contributed by atoms with van der Waals surface area (Å²) in [4.78, 5) is 34.3. The predicted octanol–water partition coefficient (Wildman–Crippen LogP) is 1.41. The molecule has 26 heavy (non-hydrogen) atoms. The van der Waals surface area contributed by atoms with Gasteiger partial charge < -0.3 is 15.0 Å². The molecule has 1 atom stereocenters. The van der Waals surface area contributed by atoms with Crippen molar-refractivity contribution >= 4 is 11.8 Å². The van der Waals surface area contributed by atoms with Crippen molar-refractivity contribution in [2.24, 2.45) is 5.92 Å². The highest BCUT2D eigenvalue weighted by Gasteiger charge is 2.34. The average molecular weight is 354 g/mol. The summed E-state index contributed by atoms with van der Waals surface area (Å²) < 4.78 is 5.53. The van der Waals surface area contributed by atoms with E-state index >= 15 is 0 Å². The van der Waals surface area contributed by atoms with E-state index < -0.39 is 0 Å². The molecule has 0 aliphatic carbocycles. The van der Waals surface area contributed by atoms with Gasteiger partial charge in [-0.2, -0.15) is 0 Å². The van der Waals surface area contributed by atoms with E-state index in [-0.39, 0.29) is 24.2 Å². The summed E-state index contributed by atoms with van der Waals surface area (Å²) in [5, 5.41) is 2.89. The number of amides is 2. The zero-order chi connectivity index (χ0) is 18.2. The van der Waals surface area contributed by atoms with Gasteiger partial charge in [0.2, 0.25) is 11.8 Å². The van der Waals surface area contributed by atoms with Crippen LogP contribution in [0.15, 0.2) is 48.9 Å². The van der Waals surface area contributed by atoms with Crippen LogP contribution in [0.4, 0.5) is 0 Å². The molecule has 7 heteroatoms. The van der Waals surface area contributed by atoms with Crippen LogP contribution in [0.5, 0.6) is 5.75 Å². The molecule has 1 saturated heterocycles. The first-order chi connectivity index (χ1) is 12.7. The van der Waals surface area contributed by atoms with Crippen LogP contribution in [0.3, 0.4) is 0 Å². The van der Waals surface area contributed by atoms with Gasteiger partial charge in [0.25, 0.3) is 0 Å².